The summed E-state index contributed by atoms with van der Waals surface area (Å²) in [5.41, 5.74) is 1.04. The van der Waals surface area contributed by atoms with Gasteiger partial charge in [-0.15, -0.1) is 0 Å². The monoisotopic (exact) mass is 312 g/mol. The molecule has 3 rings (SSSR count). The summed E-state index contributed by atoms with van der Waals surface area (Å²) in [5.74, 6) is -1.70. The maximum absolute atomic E-state index is 11.7. The minimum absolute atomic E-state index is 0.000304. The van der Waals surface area contributed by atoms with Gasteiger partial charge in [0.15, 0.2) is 6.29 Å². The molecule has 0 unspecified atom stereocenters. The van der Waals surface area contributed by atoms with Gasteiger partial charge in [0.1, 0.15) is 17.9 Å². The van der Waals surface area contributed by atoms with Crippen molar-refractivity contribution < 1.29 is 24.2 Å². The number of carbonyl (C=O) groups is 3. The number of carboxylic acid groups (broad SMARTS) is 1. The normalized spacial score (nSPS) is 10.8. The Bertz CT molecular complexity index is 958. The van der Waals surface area contributed by atoms with Crippen molar-refractivity contribution in [1.82, 2.24) is 9.55 Å². The Kier molecular flexibility index (Phi) is 3.53. The SMILES string of the molecule is COC(=O)c1cc2c3ccccc3n(CC(=O)O)c2c(C=O)n1. The van der Waals surface area contributed by atoms with Crippen molar-refractivity contribution in [3.05, 3.63) is 41.7 Å². The number of ether oxygens (including phenoxy) is 1. The van der Waals surface area contributed by atoms with Crippen molar-refractivity contribution in [2.75, 3.05) is 7.11 Å². The van der Waals surface area contributed by atoms with Crippen LogP contribution in [0.5, 0.6) is 0 Å². The van der Waals surface area contributed by atoms with E-state index in [9.17, 15) is 14.4 Å². The zero-order valence-electron chi connectivity index (χ0n) is 12.1. The average molecular weight is 312 g/mol. The summed E-state index contributed by atoms with van der Waals surface area (Å²) in [4.78, 5) is 38.3. The second-order valence-corrected chi connectivity index (χ2v) is 4.90. The van der Waals surface area contributed by atoms with Crippen LogP contribution in [0.1, 0.15) is 21.0 Å². The number of pyridine rings is 1. The van der Waals surface area contributed by atoms with Gasteiger partial charge in [-0.05, 0) is 12.1 Å². The molecule has 2 heterocycles. The van der Waals surface area contributed by atoms with Crippen LogP contribution in [0.3, 0.4) is 0 Å². The number of methoxy groups -OCH3 is 1. The highest BCUT2D eigenvalue weighted by molar-refractivity contribution is 6.13. The lowest BCUT2D eigenvalue weighted by Crippen LogP contribution is -2.11. The Morgan fingerprint density at radius 1 is 1.30 bits per heavy atom. The smallest absolute Gasteiger partial charge is 0.356 e. The van der Waals surface area contributed by atoms with E-state index in [4.69, 9.17) is 5.11 Å². The standard InChI is InChI=1S/C16H12N2O5/c1-23-16(22)11-6-10-9-4-2-3-5-13(9)18(7-14(20)21)15(10)12(8-19)17-11/h2-6,8H,7H2,1H3,(H,20,21). The van der Waals surface area contributed by atoms with E-state index >= 15 is 0 Å². The molecular weight excluding hydrogens is 300 g/mol. The van der Waals surface area contributed by atoms with E-state index < -0.39 is 11.9 Å². The third kappa shape index (κ3) is 2.32. The lowest BCUT2D eigenvalue weighted by molar-refractivity contribution is -0.137. The number of fused-ring (bicyclic) bond motifs is 3. The van der Waals surface area contributed by atoms with E-state index in [0.717, 1.165) is 5.39 Å². The van der Waals surface area contributed by atoms with Crippen LogP contribution in [-0.2, 0) is 16.1 Å². The van der Waals surface area contributed by atoms with E-state index in [2.05, 4.69) is 9.72 Å². The molecule has 0 radical (unpaired) electrons. The fraction of sp³-hybridized carbons (Fsp3) is 0.125. The van der Waals surface area contributed by atoms with Crippen LogP contribution >= 0.6 is 0 Å². The molecule has 0 bridgehead atoms. The van der Waals surface area contributed by atoms with Gasteiger partial charge in [-0.2, -0.15) is 0 Å². The van der Waals surface area contributed by atoms with Gasteiger partial charge in [0.25, 0.3) is 0 Å². The first kappa shape index (κ1) is 14.7. The Morgan fingerprint density at radius 3 is 2.70 bits per heavy atom. The molecule has 0 spiro atoms. The molecule has 2 aromatic heterocycles. The first-order valence-electron chi connectivity index (χ1n) is 6.74. The van der Waals surface area contributed by atoms with E-state index in [0.29, 0.717) is 22.7 Å². The maximum Gasteiger partial charge on any atom is 0.356 e. The molecule has 0 aliphatic carbocycles. The highest BCUT2D eigenvalue weighted by Gasteiger charge is 2.20. The van der Waals surface area contributed by atoms with Crippen molar-refractivity contribution in [1.29, 1.82) is 0 Å². The molecule has 0 aliphatic rings. The predicted octanol–water partition coefficient (Wildman–Crippen LogP) is 1.87. The summed E-state index contributed by atoms with van der Waals surface area (Å²) in [5, 5.41) is 10.5. The quantitative estimate of drug-likeness (QED) is 0.583. The molecular formula is C16H12N2O5. The van der Waals surface area contributed by atoms with E-state index in [1.165, 1.54) is 17.7 Å². The van der Waals surface area contributed by atoms with Gasteiger partial charge in [0, 0.05) is 16.3 Å². The number of carbonyl (C=O) groups excluding carboxylic acids is 2. The van der Waals surface area contributed by atoms with Crippen LogP contribution < -0.4 is 0 Å². The van der Waals surface area contributed by atoms with Crippen LogP contribution in [-0.4, -0.2) is 40.0 Å². The Hall–Kier alpha value is -3.22. The Balaban J connectivity index is 2.47. The van der Waals surface area contributed by atoms with Gasteiger partial charge in [-0.3, -0.25) is 9.59 Å². The van der Waals surface area contributed by atoms with Gasteiger partial charge in [0.2, 0.25) is 0 Å². The van der Waals surface area contributed by atoms with E-state index in [1.807, 2.05) is 0 Å². The highest BCUT2D eigenvalue weighted by Crippen LogP contribution is 2.30. The molecule has 1 N–H and O–H groups in total. The number of aromatic nitrogens is 2. The minimum Gasteiger partial charge on any atom is -0.480 e. The number of aldehydes is 1. The second kappa shape index (κ2) is 5.53. The molecule has 7 heteroatoms. The van der Waals surface area contributed by atoms with Gasteiger partial charge in [-0.1, -0.05) is 18.2 Å². The summed E-state index contributed by atoms with van der Waals surface area (Å²) < 4.78 is 6.15. The lowest BCUT2D eigenvalue weighted by Gasteiger charge is -2.06. The second-order valence-electron chi connectivity index (χ2n) is 4.90. The van der Waals surface area contributed by atoms with Crippen molar-refractivity contribution in [2.24, 2.45) is 0 Å². The highest BCUT2D eigenvalue weighted by atomic mass is 16.5. The molecule has 0 saturated heterocycles. The number of hydrogen-bond acceptors (Lipinski definition) is 5. The number of benzene rings is 1. The molecule has 1 aromatic carbocycles. The number of carboxylic acids is 1. The van der Waals surface area contributed by atoms with Crippen LogP contribution in [0.25, 0.3) is 21.8 Å². The van der Waals surface area contributed by atoms with Crippen molar-refractivity contribution in [2.45, 2.75) is 6.54 Å². The fourth-order valence-corrected chi connectivity index (χ4v) is 2.70. The number of esters is 1. The lowest BCUT2D eigenvalue weighted by atomic mass is 10.1. The summed E-state index contributed by atoms with van der Waals surface area (Å²) >= 11 is 0. The topological polar surface area (TPSA) is 98.5 Å². The number of hydrogen-bond donors (Lipinski definition) is 1. The van der Waals surface area contributed by atoms with Crippen molar-refractivity contribution in [3.63, 3.8) is 0 Å². The molecule has 23 heavy (non-hydrogen) atoms. The molecule has 0 atom stereocenters. The Labute approximate surface area is 130 Å². The summed E-state index contributed by atoms with van der Waals surface area (Å²) in [6, 6.07) is 8.63. The number of rotatable bonds is 4. The average Bonchev–Trinajstić information content (AvgIpc) is 2.87. The molecule has 7 nitrogen and oxygen atoms in total. The molecule has 0 fully saturated rings. The van der Waals surface area contributed by atoms with Crippen LogP contribution in [0, 0.1) is 0 Å². The molecule has 0 aliphatic heterocycles. The van der Waals surface area contributed by atoms with Crippen molar-refractivity contribution in [3.8, 4) is 0 Å². The van der Waals surface area contributed by atoms with Crippen LogP contribution in [0.15, 0.2) is 30.3 Å². The van der Waals surface area contributed by atoms with Gasteiger partial charge < -0.3 is 14.4 Å². The van der Waals surface area contributed by atoms with Gasteiger partial charge >= 0.3 is 11.9 Å². The minimum atomic E-state index is -1.04. The predicted molar refractivity (Wildman–Crippen MR) is 81.6 cm³/mol. The Morgan fingerprint density at radius 2 is 2.04 bits per heavy atom. The van der Waals surface area contributed by atoms with Crippen LogP contribution in [0.4, 0.5) is 0 Å². The van der Waals surface area contributed by atoms with E-state index in [-0.39, 0.29) is 17.9 Å². The molecule has 116 valence electrons. The zero-order chi connectivity index (χ0) is 16.6. The van der Waals surface area contributed by atoms with Gasteiger partial charge in [-0.25, -0.2) is 9.78 Å². The molecule has 0 saturated carbocycles. The third-order valence-corrected chi connectivity index (χ3v) is 3.57. The first-order chi connectivity index (χ1) is 11.1. The molecule has 3 aromatic rings. The van der Waals surface area contributed by atoms with Gasteiger partial charge in [0.05, 0.1) is 12.6 Å². The number of aliphatic carboxylic acids is 1. The molecule has 0 amide bonds. The third-order valence-electron chi connectivity index (χ3n) is 3.57. The summed E-state index contributed by atoms with van der Waals surface area (Å²) in [6.07, 6.45) is 0.506. The first-order valence-corrected chi connectivity index (χ1v) is 6.74. The van der Waals surface area contributed by atoms with Crippen LogP contribution in [0.2, 0.25) is 0 Å². The van der Waals surface area contributed by atoms with E-state index in [1.54, 1.807) is 24.3 Å². The van der Waals surface area contributed by atoms with Crippen molar-refractivity contribution >= 4 is 40.0 Å². The summed E-state index contributed by atoms with van der Waals surface area (Å²) in [6.45, 7) is -0.315. The number of nitrogens with zero attached hydrogens (tertiary/aromatic N) is 2. The zero-order valence-corrected chi connectivity index (χ0v) is 12.1. The maximum atomic E-state index is 11.7. The summed E-state index contributed by atoms with van der Waals surface area (Å²) in [7, 11) is 1.22. The largest absolute Gasteiger partial charge is 0.480 e. The fourth-order valence-electron chi connectivity index (χ4n) is 2.70. The number of para-hydroxylation sites is 1.